The molecule has 38 heavy (non-hydrogen) atoms. The van der Waals surface area contributed by atoms with Crippen molar-refractivity contribution < 1.29 is 40.1 Å². The largest absolute Gasteiger partial charge is 0.504 e. The van der Waals surface area contributed by atoms with Gasteiger partial charge in [-0.05, 0) is 84.3 Å². The third-order valence-corrected chi connectivity index (χ3v) is 6.63. The van der Waals surface area contributed by atoms with E-state index < -0.39 is 34.5 Å². The maximum atomic E-state index is 10.6. The highest BCUT2D eigenvalue weighted by atomic mass is 16.5. The molecule has 0 aliphatic rings. The monoisotopic (exact) mass is 518 g/mol. The predicted octanol–water partition coefficient (Wildman–Crippen LogP) is 5.17. The molecule has 0 fully saturated rings. The molecule has 8 nitrogen and oxygen atoms in total. The summed E-state index contributed by atoms with van der Waals surface area (Å²) in [5, 5.41) is 63.2. The van der Waals surface area contributed by atoms with Gasteiger partial charge in [0, 0.05) is 11.1 Å². The molecule has 0 heterocycles. The van der Waals surface area contributed by atoms with Gasteiger partial charge in [0.25, 0.3) is 0 Å². The van der Waals surface area contributed by atoms with Crippen molar-refractivity contribution in [2.45, 2.75) is 25.7 Å². The first kappa shape index (κ1) is 26.3. The highest BCUT2D eigenvalue weighted by molar-refractivity contribution is 5.84. The lowest BCUT2D eigenvalue weighted by atomic mass is 9.93. The zero-order valence-corrected chi connectivity index (χ0v) is 21.1. The molecule has 0 saturated carbocycles. The van der Waals surface area contributed by atoms with E-state index in [9.17, 15) is 30.6 Å². The Hall–Kier alpha value is -4.72. The van der Waals surface area contributed by atoms with Gasteiger partial charge < -0.3 is 40.1 Å². The standard InChI is InChI=1S/C30H30O8/c1-37-21-11-5-17(6-12-21)3-9-19-15-23(27(33)29(35)25(19)31)24-16-20(26(32)30(36)28(24)34)10-4-18-7-13-22(38-2)14-8-18/h5-8,11-16,31-36H,3-4,9-10H2,1-2H3. The van der Waals surface area contributed by atoms with E-state index in [1.54, 1.807) is 14.2 Å². The van der Waals surface area contributed by atoms with Crippen molar-refractivity contribution >= 4 is 0 Å². The van der Waals surface area contributed by atoms with E-state index in [0.29, 0.717) is 48.3 Å². The van der Waals surface area contributed by atoms with Crippen molar-refractivity contribution in [3.05, 3.63) is 82.9 Å². The molecule has 4 aromatic carbocycles. The van der Waals surface area contributed by atoms with Crippen molar-refractivity contribution in [3.63, 3.8) is 0 Å². The molecule has 198 valence electrons. The lowest BCUT2D eigenvalue weighted by Gasteiger charge is -2.17. The van der Waals surface area contributed by atoms with Gasteiger partial charge in [-0.1, -0.05) is 24.3 Å². The van der Waals surface area contributed by atoms with Crippen LogP contribution in [0.25, 0.3) is 11.1 Å². The first-order valence-corrected chi connectivity index (χ1v) is 12.0. The average Bonchev–Trinajstić information content (AvgIpc) is 2.95. The van der Waals surface area contributed by atoms with Crippen molar-refractivity contribution in [2.75, 3.05) is 14.2 Å². The van der Waals surface area contributed by atoms with Crippen LogP contribution in [0.5, 0.6) is 46.0 Å². The van der Waals surface area contributed by atoms with E-state index in [0.717, 1.165) is 11.1 Å². The van der Waals surface area contributed by atoms with Gasteiger partial charge in [-0.3, -0.25) is 0 Å². The zero-order valence-electron chi connectivity index (χ0n) is 21.1. The van der Waals surface area contributed by atoms with Gasteiger partial charge in [0.05, 0.1) is 14.2 Å². The third kappa shape index (κ3) is 5.34. The SMILES string of the molecule is COc1ccc(CCc2cc(-c3cc(CCc4ccc(OC)cc4)c(O)c(O)c3O)c(O)c(O)c2O)cc1. The van der Waals surface area contributed by atoms with E-state index in [4.69, 9.17) is 9.47 Å². The minimum Gasteiger partial charge on any atom is -0.504 e. The topological polar surface area (TPSA) is 140 Å². The fraction of sp³-hybridized carbons (Fsp3) is 0.200. The van der Waals surface area contributed by atoms with Crippen LogP contribution in [-0.2, 0) is 25.7 Å². The number of rotatable bonds is 9. The molecule has 0 radical (unpaired) electrons. The Bertz CT molecular complexity index is 1320. The number of aryl methyl sites for hydroxylation is 4. The van der Waals surface area contributed by atoms with Gasteiger partial charge in [-0.25, -0.2) is 0 Å². The van der Waals surface area contributed by atoms with Crippen LogP contribution in [-0.4, -0.2) is 44.9 Å². The minimum absolute atomic E-state index is 0.00327. The second-order valence-electron chi connectivity index (χ2n) is 8.95. The number of methoxy groups -OCH3 is 2. The highest BCUT2D eigenvalue weighted by Crippen LogP contribution is 2.51. The number of hydrogen-bond donors (Lipinski definition) is 6. The van der Waals surface area contributed by atoms with Gasteiger partial charge in [-0.2, -0.15) is 0 Å². The second kappa shape index (κ2) is 11.1. The molecule has 4 rings (SSSR count). The number of ether oxygens (including phenoxy) is 2. The molecule has 6 N–H and O–H groups in total. The third-order valence-electron chi connectivity index (χ3n) is 6.63. The van der Waals surface area contributed by atoms with Crippen LogP contribution in [0, 0.1) is 0 Å². The molecular weight excluding hydrogens is 488 g/mol. The molecule has 0 aliphatic heterocycles. The van der Waals surface area contributed by atoms with Crippen molar-refractivity contribution in [1.82, 2.24) is 0 Å². The molecule has 0 aliphatic carbocycles. The summed E-state index contributed by atoms with van der Waals surface area (Å²) in [4.78, 5) is 0. The minimum atomic E-state index is -0.737. The van der Waals surface area contributed by atoms with Crippen LogP contribution in [0.3, 0.4) is 0 Å². The Kier molecular flexibility index (Phi) is 7.71. The summed E-state index contributed by atoms with van der Waals surface area (Å²) in [6.07, 6.45) is 1.66. The summed E-state index contributed by atoms with van der Waals surface area (Å²) in [5.74, 6) is -2.30. The summed E-state index contributed by atoms with van der Waals surface area (Å²) in [7, 11) is 3.16. The molecule has 0 aromatic heterocycles. The van der Waals surface area contributed by atoms with E-state index in [1.165, 1.54) is 12.1 Å². The van der Waals surface area contributed by atoms with Crippen molar-refractivity contribution in [3.8, 4) is 57.1 Å². The Balaban J connectivity index is 1.66. The Labute approximate surface area is 220 Å². The normalized spacial score (nSPS) is 10.9. The van der Waals surface area contributed by atoms with E-state index in [1.807, 2.05) is 48.5 Å². The number of aromatic hydroxyl groups is 6. The molecule has 0 atom stereocenters. The number of hydrogen-bond acceptors (Lipinski definition) is 8. The highest BCUT2D eigenvalue weighted by Gasteiger charge is 2.24. The van der Waals surface area contributed by atoms with Gasteiger partial charge in [0.15, 0.2) is 23.0 Å². The first-order chi connectivity index (χ1) is 18.2. The van der Waals surface area contributed by atoms with Gasteiger partial charge in [-0.15, -0.1) is 0 Å². The fourth-order valence-electron chi connectivity index (χ4n) is 4.34. The maximum absolute atomic E-state index is 10.6. The summed E-state index contributed by atoms with van der Waals surface area (Å²) in [5.41, 5.74) is 2.60. The van der Waals surface area contributed by atoms with Crippen LogP contribution in [0.2, 0.25) is 0 Å². The predicted molar refractivity (Wildman–Crippen MR) is 143 cm³/mol. The number of benzene rings is 4. The summed E-state index contributed by atoms with van der Waals surface area (Å²) in [6.45, 7) is 0. The van der Waals surface area contributed by atoms with Crippen LogP contribution in [0.15, 0.2) is 60.7 Å². The van der Waals surface area contributed by atoms with Crippen LogP contribution < -0.4 is 9.47 Å². The lowest BCUT2D eigenvalue weighted by molar-refractivity contribution is 0.362. The van der Waals surface area contributed by atoms with Gasteiger partial charge in [0.2, 0.25) is 11.5 Å². The number of phenols is 6. The number of phenolic OH excluding ortho intramolecular Hbond substituents is 6. The Morgan fingerprint density at radius 3 is 1.11 bits per heavy atom. The molecule has 8 heteroatoms. The van der Waals surface area contributed by atoms with E-state index in [2.05, 4.69) is 0 Å². The molecule has 0 saturated heterocycles. The van der Waals surface area contributed by atoms with Gasteiger partial charge in [0.1, 0.15) is 11.5 Å². The first-order valence-electron chi connectivity index (χ1n) is 12.0. The molecule has 0 spiro atoms. The fourth-order valence-corrected chi connectivity index (χ4v) is 4.34. The van der Waals surface area contributed by atoms with Crippen molar-refractivity contribution in [1.29, 1.82) is 0 Å². The Morgan fingerprint density at radius 1 is 0.447 bits per heavy atom. The van der Waals surface area contributed by atoms with Crippen LogP contribution in [0.1, 0.15) is 22.3 Å². The molecular formula is C30H30O8. The Morgan fingerprint density at radius 2 is 0.789 bits per heavy atom. The van der Waals surface area contributed by atoms with Crippen LogP contribution >= 0.6 is 0 Å². The van der Waals surface area contributed by atoms with E-state index in [-0.39, 0.29) is 11.1 Å². The summed E-state index contributed by atoms with van der Waals surface area (Å²) >= 11 is 0. The van der Waals surface area contributed by atoms with Crippen molar-refractivity contribution in [2.24, 2.45) is 0 Å². The summed E-state index contributed by atoms with van der Waals surface area (Å²) < 4.78 is 10.3. The van der Waals surface area contributed by atoms with E-state index >= 15 is 0 Å². The smallest absolute Gasteiger partial charge is 0.201 e. The molecule has 0 bridgehead atoms. The molecule has 4 aromatic rings. The quantitative estimate of drug-likeness (QED) is 0.167. The second-order valence-corrected chi connectivity index (χ2v) is 8.95. The summed E-state index contributed by atoms with van der Waals surface area (Å²) in [6, 6.07) is 17.7. The average molecular weight is 519 g/mol. The molecule has 0 amide bonds. The van der Waals surface area contributed by atoms with Crippen LogP contribution in [0.4, 0.5) is 0 Å². The maximum Gasteiger partial charge on any atom is 0.201 e. The zero-order chi connectivity index (χ0) is 27.4. The van der Waals surface area contributed by atoms with Gasteiger partial charge >= 0.3 is 0 Å². The lowest BCUT2D eigenvalue weighted by Crippen LogP contribution is -1.96. The molecule has 0 unspecified atom stereocenters.